The number of aryl methyl sites for hydroxylation is 2. The molecule has 0 aliphatic heterocycles. The maximum absolute atomic E-state index is 6.14. The van der Waals surface area contributed by atoms with Gasteiger partial charge in [-0.15, -0.1) is 0 Å². The second-order valence-corrected chi connectivity index (χ2v) is 6.66. The molecule has 7 heteroatoms. The summed E-state index contributed by atoms with van der Waals surface area (Å²) in [4.78, 5) is 0. The molecule has 3 rings (SSSR count). The number of aromatic nitrogens is 3. The van der Waals surface area contributed by atoms with E-state index in [1.807, 2.05) is 18.4 Å². The van der Waals surface area contributed by atoms with Gasteiger partial charge in [0.25, 0.3) is 0 Å². The highest BCUT2D eigenvalue weighted by molar-refractivity contribution is 7.71. The fourth-order valence-electron chi connectivity index (χ4n) is 2.37. The molecule has 1 heterocycles. The van der Waals surface area contributed by atoms with Gasteiger partial charge in [0.05, 0.1) is 10.7 Å². The maximum Gasteiger partial charge on any atom is 0.199 e. The smallest absolute Gasteiger partial charge is 0.199 e. The quantitative estimate of drug-likeness (QED) is 0.614. The number of benzene rings is 2. The second kappa shape index (κ2) is 6.97. The first kappa shape index (κ1) is 17.0. The summed E-state index contributed by atoms with van der Waals surface area (Å²) in [6, 6.07) is 11.3. The summed E-state index contributed by atoms with van der Waals surface area (Å²) in [7, 11) is 0. The zero-order valence-corrected chi connectivity index (χ0v) is 15.5. The van der Waals surface area contributed by atoms with E-state index in [1.54, 1.807) is 18.2 Å². The Morgan fingerprint density at radius 3 is 2.71 bits per heavy atom. The summed E-state index contributed by atoms with van der Waals surface area (Å²) >= 11 is 17.4. The molecule has 0 aliphatic carbocycles. The van der Waals surface area contributed by atoms with E-state index in [2.05, 4.69) is 28.4 Å². The van der Waals surface area contributed by atoms with E-state index in [9.17, 15) is 0 Å². The van der Waals surface area contributed by atoms with Gasteiger partial charge in [0.15, 0.2) is 10.6 Å². The van der Waals surface area contributed by atoms with Crippen molar-refractivity contribution in [2.75, 3.05) is 0 Å². The van der Waals surface area contributed by atoms with E-state index in [4.69, 9.17) is 40.2 Å². The van der Waals surface area contributed by atoms with Gasteiger partial charge in [-0.3, -0.25) is 9.67 Å². The molecule has 0 unspecified atom stereocenters. The van der Waals surface area contributed by atoms with Gasteiger partial charge in [0.1, 0.15) is 12.4 Å². The summed E-state index contributed by atoms with van der Waals surface area (Å²) < 4.78 is 8.18. The minimum absolute atomic E-state index is 0.224. The van der Waals surface area contributed by atoms with Gasteiger partial charge < -0.3 is 4.74 Å². The van der Waals surface area contributed by atoms with Crippen molar-refractivity contribution >= 4 is 35.4 Å². The molecule has 0 spiro atoms. The molecule has 2 aromatic carbocycles. The van der Waals surface area contributed by atoms with Crippen LogP contribution < -0.4 is 4.74 Å². The van der Waals surface area contributed by atoms with Gasteiger partial charge in [0, 0.05) is 5.02 Å². The maximum atomic E-state index is 6.14. The Labute approximate surface area is 155 Å². The molecule has 4 nitrogen and oxygen atoms in total. The average molecular weight is 380 g/mol. The Balaban J connectivity index is 1.93. The van der Waals surface area contributed by atoms with Gasteiger partial charge in [-0.2, -0.15) is 5.10 Å². The van der Waals surface area contributed by atoms with E-state index in [-0.39, 0.29) is 6.61 Å². The molecule has 0 saturated carbocycles. The molecular formula is C17H15Cl2N3OS. The molecule has 0 saturated heterocycles. The van der Waals surface area contributed by atoms with Crippen LogP contribution in [0.1, 0.15) is 17.0 Å². The fraction of sp³-hybridized carbons (Fsp3) is 0.176. The zero-order chi connectivity index (χ0) is 17.3. The molecule has 0 bridgehead atoms. The minimum atomic E-state index is 0.224. The van der Waals surface area contributed by atoms with Gasteiger partial charge in [0.2, 0.25) is 0 Å². The highest BCUT2D eigenvalue weighted by Gasteiger charge is 2.12. The predicted molar refractivity (Wildman–Crippen MR) is 99.0 cm³/mol. The number of halogens is 2. The van der Waals surface area contributed by atoms with Crippen LogP contribution in [0.3, 0.4) is 0 Å². The molecule has 0 amide bonds. The van der Waals surface area contributed by atoms with Gasteiger partial charge in [-0.25, -0.2) is 0 Å². The molecule has 0 atom stereocenters. The standard InChI is InChI=1S/C17H15Cl2N3OS/c1-10-3-4-11(2)14(7-10)22-16(20-21-17(22)24)9-23-15-6-5-12(18)8-13(15)19/h3-8H,9H2,1-2H3,(H,21,24). The van der Waals surface area contributed by atoms with Crippen molar-refractivity contribution in [3.8, 4) is 11.4 Å². The molecule has 0 fully saturated rings. The minimum Gasteiger partial charge on any atom is -0.484 e. The van der Waals surface area contributed by atoms with Crippen LogP contribution in [-0.4, -0.2) is 14.8 Å². The Bertz CT molecular complexity index is 949. The monoisotopic (exact) mass is 379 g/mol. The van der Waals surface area contributed by atoms with Crippen molar-refractivity contribution in [3.63, 3.8) is 0 Å². The number of ether oxygens (including phenoxy) is 1. The number of hydrogen-bond acceptors (Lipinski definition) is 3. The Hall–Kier alpha value is -1.82. The van der Waals surface area contributed by atoms with Crippen molar-refractivity contribution in [2.45, 2.75) is 20.5 Å². The molecule has 1 aromatic heterocycles. The molecule has 24 heavy (non-hydrogen) atoms. The molecule has 124 valence electrons. The van der Waals surface area contributed by atoms with Crippen LogP contribution in [0.15, 0.2) is 36.4 Å². The van der Waals surface area contributed by atoms with Crippen LogP contribution in [0.25, 0.3) is 5.69 Å². The molecule has 0 radical (unpaired) electrons. The van der Waals surface area contributed by atoms with Crippen molar-refractivity contribution < 1.29 is 4.74 Å². The van der Waals surface area contributed by atoms with E-state index >= 15 is 0 Å². The lowest BCUT2D eigenvalue weighted by Gasteiger charge is -2.12. The fourth-order valence-corrected chi connectivity index (χ4v) is 3.08. The predicted octanol–water partition coefficient (Wildman–Crippen LogP) is 5.43. The van der Waals surface area contributed by atoms with Crippen molar-refractivity contribution in [2.24, 2.45) is 0 Å². The first-order valence-corrected chi connectivity index (χ1v) is 8.44. The summed E-state index contributed by atoms with van der Waals surface area (Å²) in [5.41, 5.74) is 3.23. The lowest BCUT2D eigenvalue weighted by atomic mass is 10.1. The van der Waals surface area contributed by atoms with Crippen LogP contribution in [0, 0.1) is 18.6 Å². The van der Waals surface area contributed by atoms with Crippen LogP contribution in [0.5, 0.6) is 5.75 Å². The second-order valence-electron chi connectivity index (χ2n) is 5.43. The molecule has 0 aliphatic rings. The summed E-state index contributed by atoms with van der Waals surface area (Å²) in [6.45, 7) is 4.29. The highest BCUT2D eigenvalue weighted by atomic mass is 35.5. The SMILES string of the molecule is Cc1ccc(C)c(-n2c(COc3ccc(Cl)cc3Cl)n[nH]c2=S)c1. The van der Waals surface area contributed by atoms with Crippen LogP contribution >= 0.6 is 35.4 Å². The first-order chi connectivity index (χ1) is 11.5. The van der Waals surface area contributed by atoms with Crippen molar-refractivity contribution in [1.29, 1.82) is 0 Å². The van der Waals surface area contributed by atoms with E-state index < -0.39 is 0 Å². The van der Waals surface area contributed by atoms with Crippen molar-refractivity contribution in [1.82, 2.24) is 14.8 Å². The Morgan fingerprint density at radius 2 is 1.96 bits per heavy atom. The number of hydrogen-bond donors (Lipinski definition) is 1. The van der Waals surface area contributed by atoms with Crippen LogP contribution in [0.4, 0.5) is 0 Å². The number of rotatable bonds is 4. The van der Waals surface area contributed by atoms with Gasteiger partial charge >= 0.3 is 0 Å². The third-order valence-corrected chi connectivity index (χ3v) is 4.40. The first-order valence-electron chi connectivity index (χ1n) is 7.27. The zero-order valence-electron chi connectivity index (χ0n) is 13.1. The lowest BCUT2D eigenvalue weighted by Crippen LogP contribution is -2.07. The third-order valence-electron chi connectivity index (χ3n) is 3.60. The molecule has 1 N–H and O–H groups in total. The topological polar surface area (TPSA) is 42.8 Å². The summed E-state index contributed by atoms with van der Waals surface area (Å²) in [6.07, 6.45) is 0. The lowest BCUT2D eigenvalue weighted by molar-refractivity contribution is 0.293. The number of aromatic amines is 1. The van der Waals surface area contributed by atoms with E-state index in [1.165, 1.54) is 0 Å². The number of nitrogens with one attached hydrogen (secondary N) is 1. The Kier molecular flexibility index (Phi) is 4.94. The molecule has 3 aromatic rings. The highest BCUT2D eigenvalue weighted by Crippen LogP contribution is 2.28. The summed E-state index contributed by atoms with van der Waals surface area (Å²) in [5, 5.41) is 8.12. The van der Waals surface area contributed by atoms with E-state index in [0.717, 1.165) is 16.8 Å². The normalized spacial score (nSPS) is 10.8. The third kappa shape index (κ3) is 3.48. The van der Waals surface area contributed by atoms with Crippen LogP contribution in [-0.2, 0) is 6.61 Å². The summed E-state index contributed by atoms with van der Waals surface area (Å²) in [5.74, 6) is 1.21. The van der Waals surface area contributed by atoms with Gasteiger partial charge in [-0.05, 0) is 61.5 Å². The van der Waals surface area contributed by atoms with E-state index in [0.29, 0.717) is 26.4 Å². The average Bonchev–Trinajstić information content (AvgIpc) is 2.90. The van der Waals surface area contributed by atoms with Gasteiger partial charge in [-0.1, -0.05) is 35.3 Å². The number of H-pyrrole nitrogens is 1. The largest absolute Gasteiger partial charge is 0.484 e. The molecular weight excluding hydrogens is 365 g/mol. The van der Waals surface area contributed by atoms with Crippen LogP contribution in [0.2, 0.25) is 10.0 Å². The number of nitrogens with zero attached hydrogens (tertiary/aromatic N) is 2. The van der Waals surface area contributed by atoms with Crippen molar-refractivity contribution in [3.05, 3.63) is 68.2 Å². The Morgan fingerprint density at radius 1 is 1.17 bits per heavy atom.